The normalized spacial score (nSPS) is 23.1. The highest BCUT2D eigenvalue weighted by Crippen LogP contribution is 2.47. The van der Waals surface area contributed by atoms with Crippen molar-refractivity contribution in [2.75, 3.05) is 5.01 Å². The van der Waals surface area contributed by atoms with E-state index in [9.17, 15) is 0 Å². The summed E-state index contributed by atoms with van der Waals surface area (Å²) in [7, 11) is 0. The third-order valence-electron chi connectivity index (χ3n) is 5.05. The summed E-state index contributed by atoms with van der Waals surface area (Å²) in [6.07, 6.45) is 11.0. The Bertz CT molecular complexity index is 821. The molecule has 3 aliphatic rings. The summed E-state index contributed by atoms with van der Waals surface area (Å²) in [6.45, 7) is 0. The Kier molecular flexibility index (Phi) is 4.10. The van der Waals surface area contributed by atoms with E-state index in [1.807, 2.05) is 11.8 Å². The van der Waals surface area contributed by atoms with Crippen LogP contribution in [0.5, 0.6) is 0 Å². The van der Waals surface area contributed by atoms with Crippen LogP contribution in [0.15, 0.2) is 52.0 Å². The Morgan fingerprint density at radius 3 is 2.72 bits per heavy atom. The molecule has 1 saturated carbocycles. The molecule has 1 aromatic carbocycles. The van der Waals surface area contributed by atoms with Crippen molar-refractivity contribution in [3.8, 4) is 0 Å². The smallest absolute Gasteiger partial charge is 0.216 e. The third-order valence-corrected chi connectivity index (χ3v) is 7.14. The summed E-state index contributed by atoms with van der Waals surface area (Å²) < 4.78 is 2.28. The molecule has 0 amide bonds. The third kappa shape index (κ3) is 2.81. The number of aromatic nitrogens is 3. The van der Waals surface area contributed by atoms with Crippen molar-refractivity contribution in [1.82, 2.24) is 14.9 Å². The maximum absolute atomic E-state index is 4.56. The fourth-order valence-electron chi connectivity index (χ4n) is 3.78. The van der Waals surface area contributed by atoms with Crippen LogP contribution in [-0.4, -0.2) is 20.2 Å². The molecule has 1 atom stereocenters. The van der Waals surface area contributed by atoms with Crippen LogP contribution in [0.2, 0.25) is 0 Å². The summed E-state index contributed by atoms with van der Waals surface area (Å²) in [5.41, 5.74) is 1.24. The molecule has 1 unspecified atom stereocenters. The van der Waals surface area contributed by atoms with Crippen molar-refractivity contribution in [3.05, 3.63) is 58.2 Å². The van der Waals surface area contributed by atoms with E-state index in [1.165, 1.54) is 42.7 Å². The van der Waals surface area contributed by atoms with Crippen LogP contribution in [0, 0.1) is 0 Å². The van der Waals surface area contributed by atoms with Crippen molar-refractivity contribution in [3.63, 3.8) is 0 Å². The van der Waals surface area contributed by atoms with Crippen LogP contribution in [0.25, 0.3) is 6.08 Å². The van der Waals surface area contributed by atoms with E-state index in [4.69, 9.17) is 0 Å². The topological polar surface area (TPSA) is 34.0 Å². The van der Waals surface area contributed by atoms with E-state index in [1.54, 1.807) is 11.8 Å². The monoisotopic (exact) mass is 368 g/mol. The Morgan fingerprint density at radius 1 is 1.04 bits per heavy atom. The minimum Gasteiger partial charge on any atom is -0.253 e. The molecule has 4 nitrogen and oxygen atoms in total. The molecule has 1 fully saturated rings. The molecule has 128 valence electrons. The largest absolute Gasteiger partial charge is 0.253 e. The van der Waals surface area contributed by atoms with Gasteiger partial charge in [0.1, 0.15) is 10.4 Å². The quantitative estimate of drug-likeness (QED) is 0.765. The van der Waals surface area contributed by atoms with Gasteiger partial charge in [0.15, 0.2) is 5.82 Å². The molecule has 0 saturated heterocycles. The summed E-state index contributed by atoms with van der Waals surface area (Å²) >= 11 is 3.59. The molecule has 1 aliphatic carbocycles. The molecular weight excluding hydrogens is 348 g/mol. The summed E-state index contributed by atoms with van der Waals surface area (Å²) in [6, 6.07) is 10.5. The fourth-order valence-corrected chi connectivity index (χ4v) is 5.89. The minimum absolute atomic E-state index is 0.266. The van der Waals surface area contributed by atoms with Gasteiger partial charge in [-0.1, -0.05) is 67.4 Å². The van der Waals surface area contributed by atoms with Crippen molar-refractivity contribution >= 4 is 29.6 Å². The fraction of sp³-hybridized carbons (Fsp3) is 0.368. The number of thioether (sulfide) groups is 2. The second-order valence-electron chi connectivity index (χ2n) is 6.69. The van der Waals surface area contributed by atoms with Crippen LogP contribution in [-0.2, 0) is 0 Å². The first-order chi connectivity index (χ1) is 12.4. The van der Waals surface area contributed by atoms with Gasteiger partial charge in [-0.05, 0) is 36.2 Å². The first kappa shape index (κ1) is 15.6. The number of nitrogens with zero attached hydrogens (tertiary/aromatic N) is 4. The van der Waals surface area contributed by atoms with Crippen molar-refractivity contribution in [2.24, 2.45) is 0 Å². The molecule has 25 heavy (non-hydrogen) atoms. The lowest BCUT2D eigenvalue weighted by Crippen LogP contribution is -2.35. The van der Waals surface area contributed by atoms with Crippen LogP contribution in [0.3, 0.4) is 0 Å². The highest BCUT2D eigenvalue weighted by molar-refractivity contribution is 8.07. The molecular formula is C19H20N4S2. The molecule has 5 rings (SSSR count). The van der Waals surface area contributed by atoms with E-state index >= 15 is 0 Å². The van der Waals surface area contributed by atoms with Crippen molar-refractivity contribution in [2.45, 2.75) is 48.6 Å². The standard InChI is InChI=1S/C19H20N4S2/c1-3-7-14(8-4-1)11-12-16-22-17(13-24-16)25-19-21-20-18(23(19)22)15-9-5-2-6-10-15/h1,3-4,7-8,11-13,15-16H,2,5-6,9-10H2/b12-11+. The average Bonchev–Trinajstić information content (AvgIpc) is 3.33. The van der Waals surface area contributed by atoms with Crippen molar-refractivity contribution in [1.29, 1.82) is 0 Å². The molecule has 6 heteroatoms. The van der Waals surface area contributed by atoms with Gasteiger partial charge in [0.2, 0.25) is 5.16 Å². The zero-order valence-electron chi connectivity index (χ0n) is 13.9. The predicted molar refractivity (Wildman–Crippen MR) is 105 cm³/mol. The predicted octanol–water partition coefficient (Wildman–Crippen LogP) is 4.95. The number of hydrogen-bond donors (Lipinski definition) is 0. The zero-order valence-corrected chi connectivity index (χ0v) is 15.5. The lowest BCUT2D eigenvalue weighted by molar-refractivity contribution is 0.413. The van der Waals surface area contributed by atoms with E-state index in [0.29, 0.717) is 5.92 Å². The second-order valence-corrected chi connectivity index (χ2v) is 8.67. The highest BCUT2D eigenvalue weighted by Gasteiger charge is 2.39. The zero-order chi connectivity index (χ0) is 16.6. The van der Waals surface area contributed by atoms with Gasteiger partial charge >= 0.3 is 0 Å². The second kappa shape index (κ2) is 6.57. The number of rotatable bonds is 3. The highest BCUT2D eigenvalue weighted by atomic mass is 32.2. The molecule has 2 aliphatic heterocycles. The van der Waals surface area contributed by atoms with E-state index in [2.05, 4.69) is 67.8 Å². The maximum Gasteiger partial charge on any atom is 0.216 e. The molecule has 1 aromatic heterocycles. The number of hydrogen-bond acceptors (Lipinski definition) is 5. The SMILES string of the molecule is C1=C2Sc3nnc(C4CCCCC4)n3N2C(/C=C/c2ccccc2)S1. The van der Waals surface area contributed by atoms with Gasteiger partial charge in [-0.3, -0.25) is 5.01 Å². The molecule has 0 N–H and O–H groups in total. The molecule has 0 spiro atoms. The molecule has 0 radical (unpaired) electrons. The van der Waals surface area contributed by atoms with Crippen LogP contribution >= 0.6 is 23.5 Å². The molecule has 2 aromatic rings. The van der Waals surface area contributed by atoms with Gasteiger partial charge in [0.25, 0.3) is 0 Å². The van der Waals surface area contributed by atoms with Gasteiger partial charge in [0.05, 0.1) is 0 Å². The number of fused-ring (bicyclic) bond motifs is 3. The van der Waals surface area contributed by atoms with E-state index < -0.39 is 0 Å². The number of benzene rings is 1. The first-order valence-electron chi connectivity index (χ1n) is 8.92. The Balaban J connectivity index is 1.44. The summed E-state index contributed by atoms with van der Waals surface area (Å²) in [4.78, 5) is 0. The summed E-state index contributed by atoms with van der Waals surface area (Å²) in [5, 5.41) is 16.2. The maximum atomic E-state index is 4.56. The van der Waals surface area contributed by atoms with Crippen LogP contribution in [0.1, 0.15) is 49.4 Å². The van der Waals surface area contributed by atoms with Crippen molar-refractivity contribution < 1.29 is 0 Å². The molecule has 0 bridgehead atoms. The Labute approximate surface area is 156 Å². The van der Waals surface area contributed by atoms with Crippen LogP contribution < -0.4 is 5.01 Å². The first-order valence-corrected chi connectivity index (χ1v) is 10.7. The van der Waals surface area contributed by atoms with Gasteiger partial charge < -0.3 is 0 Å². The lowest BCUT2D eigenvalue weighted by atomic mass is 9.89. The minimum atomic E-state index is 0.266. The average molecular weight is 369 g/mol. The Morgan fingerprint density at radius 2 is 1.88 bits per heavy atom. The van der Waals surface area contributed by atoms with E-state index in [0.717, 1.165) is 11.0 Å². The van der Waals surface area contributed by atoms with Gasteiger partial charge in [-0.2, -0.15) is 0 Å². The van der Waals surface area contributed by atoms with Gasteiger partial charge in [-0.15, -0.1) is 10.2 Å². The van der Waals surface area contributed by atoms with Gasteiger partial charge in [0, 0.05) is 11.3 Å². The Hall–Kier alpha value is -1.66. The van der Waals surface area contributed by atoms with Gasteiger partial charge in [-0.25, -0.2) is 4.68 Å². The van der Waals surface area contributed by atoms with E-state index in [-0.39, 0.29) is 5.37 Å². The lowest BCUT2D eigenvalue weighted by Gasteiger charge is -2.27. The summed E-state index contributed by atoms with van der Waals surface area (Å²) in [5.74, 6) is 1.71. The van der Waals surface area contributed by atoms with Crippen LogP contribution in [0.4, 0.5) is 0 Å². The molecule has 3 heterocycles.